The standard InChI is InChI=1S/C10H9BrN2O/c1-3-7(2)13-10(14)8-4-9(11)6-12-5-8/h1,4-7H,2H3,(H,13,14). The van der Waals surface area contributed by atoms with Crippen LogP contribution in [0.1, 0.15) is 17.3 Å². The van der Waals surface area contributed by atoms with Crippen LogP contribution in [0.2, 0.25) is 0 Å². The number of halogens is 1. The topological polar surface area (TPSA) is 42.0 Å². The molecule has 0 bridgehead atoms. The number of carbonyl (C=O) groups is 1. The number of nitrogens with one attached hydrogen (secondary N) is 1. The van der Waals surface area contributed by atoms with E-state index in [0.717, 1.165) is 4.47 Å². The molecule has 1 N–H and O–H groups in total. The first-order valence-corrected chi connectivity index (χ1v) is 4.80. The second-order valence-corrected chi connectivity index (χ2v) is 3.67. The number of rotatable bonds is 2. The predicted molar refractivity (Wildman–Crippen MR) is 57.7 cm³/mol. The van der Waals surface area contributed by atoms with Crippen LogP contribution in [0.5, 0.6) is 0 Å². The quantitative estimate of drug-likeness (QED) is 0.813. The number of hydrogen-bond donors (Lipinski definition) is 1. The Morgan fingerprint density at radius 2 is 2.43 bits per heavy atom. The summed E-state index contributed by atoms with van der Waals surface area (Å²) >= 11 is 3.23. The van der Waals surface area contributed by atoms with Crippen LogP contribution in [0.4, 0.5) is 0 Å². The fraction of sp³-hybridized carbons (Fsp3) is 0.200. The molecule has 72 valence electrons. The van der Waals surface area contributed by atoms with E-state index in [9.17, 15) is 4.79 Å². The summed E-state index contributed by atoms with van der Waals surface area (Å²) < 4.78 is 0.763. The number of aromatic nitrogens is 1. The Balaban J connectivity index is 2.76. The Hall–Kier alpha value is -1.34. The summed E-state index contributed by atoms with van der Waals surface area (Å²) in [7, 11) is 0. The van der Waals surface area contributed by atoms with Gasteiger partial charge in [0, 0.05) is 16.9 Å². The van der Waals surface area contributed by atoms with Crippen molar-refractivity contribution in [3.63, 3.8) is 0 Å². The van der Waals surface area contributed by atoms with E-state index in [4.69, 9.17) is 6.42 Å². The maximum atomic E-state index is 11.5. The van der Waals surface area contributed by atoms with Gasteiger partial charge in [-0.25, -0.2) is 0 Å². The number of nitrogens with zero attached hydrogens (tertiary/aromatic N) is 1. The lowest BCUT2D eigenvalue weighted by Gasteiger charge is -2.07. The van der Waals surface area contributed by atoms with Gasteiger partial charge in [0.05, 0.1) is 11.6 Å². The molecular formula is C10H9BrN2O. The first-order chi connectivity index (χ1) is 6.63. The summed E-state index contributed by atoms with van der Waals surface area (Å²) in [5.41, 5.74) is 0.487. The maximum absolute atomic E-state index is 11.5. The molecule has 1 unspecified atom stereocenters. The number of terminal acetylenes is 1. The average molecular weight is 253 g/mol. The Morgan fingerprint density at radius 1 is 1.71 bits per heavy atom. The van der Waals surface area contributed by atoms with Gasteiger partial charge in [-0.15, -0.1) is 6.42 Å². The van der Waals surface area contributed by atoms with E-state index in [1.54, 1.807) is 19.2 Å². The molecule has 0 aliphatic rings. The van der Waals surface area contributed by atoms with E-state index < -0.39 is 0 Å². The van der Waals surface area contributed by atoms with Crippen LogP contribution in [0, 0.1) is 12.3 Å². The summed E-state index contributed by atoms with van der Waals surface area (Å²) in [4.78, 5) is 15.4. The monoisotopic (exact) mass is 252 g/mol. The lowest BCUT2D eigenvalue weighted by molar-refractivity contribution is 0.0947. The third-order valence-electron chi connectivity index (χ3n) is 1.56. The van der Waals surface area contributed by atoms with Crippen molar-refractivity contribution in [2.45, 2.75) is 13.0 Å². The van der Waals surface area contributed by atoms with Crippen LogP contribution in [0.25, 0.3) is 0 Å². The molecule has 0 aliphatic carbocycles. The maximum Gasteiger partial charge on any atom is 0.253 e. The van der Waals surface area contributed by atoms with Crippen LogP contribution < -0.4 is 5.32 Å². The fourth-order valence-electron chi connectivity index (χ4n) is 0.858. The van der Waals surface area contributed by atoms with Gasteiger partial charge in [0.1, 0.15) is 0 Å². The highest BCUT2D eigenvalue weighted by molar-refractivity contribution is 9.10. The van der Waals surface area contributed by atoms with Crippen molar-refractivity contribution in [2.24, 2.45) is 0 Å². The Bertz CT molecular complexity index is 384. The second kappa shape index (κ2) is 4.77. The van der Waals surface area contributed by atoms with Crippen molar-refractivity contribution in [3.8, 4) is 12.3 Å². The first-order valence-electron chi connectivity index (χ1n) is 4.01. The lowest BCUT2D eigenvalue weighted by Crippen LogP contribution is -2.31. The van der Waals surface area contributed by atoms with Crippen LogP contribution in [0.15, 0.2) is 22.9 Å². The molecule has 0 fully saturated rings. The van der Waals surface area contributed by atoms with Crippen molar-refractivity contribution >= 4 is 21.8 Å². The average Bonchev–Trinajstić information content (AvgIpc) is 2.17. The van der Waals surface area contributed by atoms with E-state index in [1.165, 1.54) is 6.20 Å². The lowest BCUT2D eigenvalue weighted by atomic mass is 10.2. The van der Waals surface area contributed by atoms with E-state index in [1.807, 2.05) is 0 Å². The number of amides is 1. The largest absolute Gasteiger partial charge is 0.339 e. The van der Waals surface area contributed by atoms with Crippen molar-refractivity contribution in [2.75, 3.05) is 0 Å². The fourth-order valence-corrected chi connectivity index (χ4v) is 1.22. The third kappa shape index (κ3) is 2.86. The minimum atomic E-state index is -0.276. The summed E-state index contributed by atoms with van der Waals surface area (Å²) in [5, 5.41) is 2.64. The molecule has 0 spiro atoms. The molecular weight excluding hydrogens is 244 g/mol. The number of pyridine rings is 1. The molecule has 1 heterocycles. The van der Waals surface area contributed by atoms with Gasteiger partial charge in [0.15, 0.2) is 0 Å². The highest BCUT2D eigenvalue weighted by Crippen LogP contribution is 2.09. The van der Waals surface area contributed by atoms with Gasteiger partial charge in [-0.3, -0.25) is 9.78 Å². The zero-order valence-electron chi connectivity index (χ0n) is 7.62. The molecule has 1 atom stereocenters. The van der Waals surface area contributed by atoms with Crippen molar-refractivity contribution in [1.29, 1.82) is 0 Å². The Kier molecular flexibility index (Phi) is 3.66. The first kappa shape index (κ1) is 10.7. The molecule has 1 aromatic heterocycles. The molecule has 0 saturated carbocycles. The zero-order chi connectivity index (χ0) is 10.6. The highest BCUT2D eigenvalue weighted by atomic mass is 79.9. The smallest absolute Gasteiger partial charge is 0.253 e. The van der Waals surface area contributed by atoms with Crippen LogP contribution in [-0.4, -0.2) is 16.9 Å². The van der Waals surface area contributed by atoms with Gasteiger partial charge >= 0.3 is 0 Å². The second-order valence-electron chi connectivity index (χ2n) is 2.75. The van der Waals surface area contributed by atoms with Crippen LogP contribution in [-0.2, 0) is 0 Å². The molecule has 14 heavy (non-hydrogen) atoms. The van der Waals surface area contributed by atoms with Crippen molar-refractivity contribution in [3.05, 3.63) is 28.5 Å². The molecule has 4 heteroatoms. The highest BCUT2D eigenvalue weighted by Gasteiger charge is 2.07. The third-order valence-corrected chi connectivity index (χ3v) is 2.00. The molecule has 0 saturated heterocycles. The summed E-state index contributed by atoms with van der Waals surface area (Å²) in [5.74, 6) is 2.20. The predicted octanol–water partition coefficient (Wildman–Crippen LogP) is 1.60. The van der Waals surface area contributed by atoms with Gasteiger partial charge in [-0.2, -0.15) is 0 Å². The number of hydrogen-bond acceptors (Lipinski definition) is 2. The van der Waals surface area contributed by atoms with Gasteiger partial charge in [-0.1, -0.05) is 5.92 Å². The minimum Gasteiger partial charge on any atom is -0.339 e. The molecule has 0 aromatic carbocycles. The van der Waals surface area contributed by atoms with E-state index in [-0.39, 0.29) is 11.9 Å². The van der Waals surface area contributed by atoms with Gasteiger partial charge < -0.3 is 5.32 Å². The minimum absolute atomic E-state index is 0.218. The summed E-state index contributed by atoms with van der Waals surface area (Å²) in [6.07, 6.45) is 8.24. The molecule has 3 nitrogen and oxygen atoms in total. The molecule has 0 aliphatic heterocycles. The van der Waals surface area contributed by atoms with E-state index >= 15 is 0 Å². The molecule has 1 rings (SSSR count). The normalized spacial score (nSPS) is 11.5. The van der Waals surface area contributed by atoms with Crippen molar-refractivity contribution < 1.29 is 4.79 Å². The molecule has 0 radical (unpaired) electrons. The molecule has 1 amide bonds. The zero-order valence-corrected chi connectivity index (χ0v) is 9.21. The molecule has 1 aromatic rings. The van der Waals surface area contributed by atoms with Crippen LogP contribution in [0.3, 0.4) is 0 Å². The Morgan fingerprint density at radius 3 is 3.00 bits per heavy atom. The van der Waals surface area contributed by atoms with Gasteiger partial charge in [0.25, 0.3) is 5.91 Å². The summed E-state index contributed by atoms with van der Waals surface area (Å²) in [6.45, 7) is 1.74. The van der Waals surface area contributed by atoms with Gasteiger partial charge in [-0.05, 0) is 28.9 Å². The van der Waals surface area contributed by atoms with Crippen LogP contribution >= 0.6 is 15.9 Å². The van der Waals surface area contributed by atoms with E-state index in [2.05, 4.69) is 32.2 Å². The SMILES string of the molecule is C#CC(C)NC(=O)c1cncc(Br)c1. The van der Waals surface area contributed by atoms with Gasteiger partial charge in [0.2, 0.25) is 0 Å². The Labute approximate surface area is 91.1 Å². The van der Waals surface area contributed by atoms with Crippen molar-refractivity contribution in [1.82, 2.24) is 10.3 Å². The number of carbonyl (C=O) groups excluding carboxylic acids is 1. The summed E-state index contributed by atoms with van der Waals surface area (Å²) in [6, 6.07) is 1.41. The van der Waals surface area contributed by atoms with E-state index in [0.29, 0.717) is 5.56 Å².